The summed E-state index contributed by atoms with van der Waals surface area (Å²) < 4.78 is 5.78. The minimum atomic E-state index is 0.0779. The highest BCUT2D eigenvalue weighted by Gasteiger charge is 2.21. The number of carbonyl (C=O) groups is 1. The van der Waals surface area contributed by atoms with Crippen molar-refractivity contribution >= 4 is 5.78 Å². The van der Waals surface area contributed by atoms with Crippen molar-refractivity contribution in [1.82, 2.24) is 4.90 Å². The normalized spacial score (nSPS) is 23.6. The Balaban J connectivity index is 1.81. The third kappa shape index (κ3) is 4.34. The van der Waals surface area contributed by atoms with Crippen LogP contribution in [0.5, 0.6) is 5.75 Å². The summed E-state index contributed by atoms with van der Waals surface area (Å²) in [5.74, 6) is 2.42. The quantitative estimate of drug-likeness (QED) is 0.773. The van der Waals surface area contributed by atoms with Crippen LogP contribution in [0.3, 0.4) is 0 Å². The van der Waals surface area contributed by atoms with Gasteiger partial charge in [0.1, 0.15) is 12.4 Å². The highest BCUT2D eigenvalue weighted by molar-refractivity contribution is 5.94. The van der Waals surface area contributed by atoms with Crippen molar-refractivity contribution < 1.29 is 9.53 Å². The summed E-state index contributed by atoms with van der Waals surface area (Å²) in [6.45, 7) is 10.2. The molecular weight excluding hydrogens is 250 g/mol. The molecule has 0 bridgehead atoms. The van der Waals surface area contributed by atoms with Gasteiger partial charge in [-0.2, -0.15) is 0 Å². The first-order chi connectivity index (χ1) is 9.54. The molecule has 0 spiro atoms. The van der Waals surface area contributed by atoms with E-state index in [0.29, 0.717) is 12.2 Å². The molecule has 3 nitrogen and oxygen atoms in total. The molecule has 0 radical (unpaired) electrons. The van der Waals surface area contributed by atoms with Crippen LogP contribution in [-0.4, -0.2) is 36.9 Å². The van der Waals surface area contributed by atoms with Crippen LogP contribution in [0.1, 0.15) is 37.6 Å². The van der Waals surface area contributed by atoms with E-state index in [0.717, 1.165) is 24.1 Å². The maximum Gasteiger partial charge on any atom is 0.159 e. The zero-order valence-corrected chi connectivity index (χ0v) is 12.8. The van der Waals surface area contributed by atoms with E-state index in [-0.39, 0.29) is 5.78 Å². The van der Waals surface area contributed by atoms with Crippen molar-refractivity contribution in [2.45, 2.75) is 27.2 Å². The van der Waals surface area contributed by atoms with Crippen LogP contribution in [-0.2, 0) is 0 Å². The zero-order chi connectivity index (χ0) is 14.5. The predicted octanol–water partition coefficient (Wildman–Crippen LogP) is 3.25. The Morgan fingerprint density at radius 3 is 2.65 bits per heavy atom. The molecule has 1 fully saturated rings. The number of piperidine rings is 1. The van der Waals surface area contributed by atoms with Crippen LogP contribution < -0.4 is 4.74 Å². The number of hydrogen-bond acceptors (Lipinski definition) is 3. The molecule has 0 saturated carbocycles. The second kappa shape index (κ2) is 6.89. The first-order valence-electron chi connectivity index (χ1n) is 7.50. The van der Waals surface area contributed by atoms with E-state index in [2.05, 4.69) is 18.7 Å². The number of ketones is 1. The number of benzene rings is 1. The number of hydrogen-bond donors (Lipinski definition) is 0. The number of likely N-dealkylation sites (tertiary alicyclic amines) is 1. The molecule has 110 valence electrons. The number of nitrogens with zero attached hydrogens (tertiary/aromatic N) is 1. The van der Waals surface area contributed by atoms with Gasteiger partial charge in [0.05, 0.1) is 0 Å². The topological polar surface area (TPSA) is 29.5 Å². The lowest BCUT2D eigenvalue weighted by molar-refractivity contribution is 0.101. The van der Waals surface area contributed by atoms with Gasteiger partial charge in [0.25, 0.3) is 0 Å². The van der Waals surface area contributed by atoms with Crippen molar-refractivity contribution in [2.24, 2.45) is 11.8 Å². The molecule has 0 unspecified atom stereocenters. The Labute approximate surface area is 121 Å². The van der Waals surface area contributed by atoms with E-state index in [9.17, 15) is 4.79 Å². The summed E-state index contributed by atoms with van der Waals surface area (Å²) in [4.78, 5) is 13.8. The van der Waals surface area contributed by atoms with Crippen molar-refractivity contribution in [1.29, 1.82) is 0 Å². The van der Waals surface area contributed by atoms with Gasteiger partial charge in [0, 0.05) is 25.2 Å². The molecular formula is C17H25NO2. The predicted molar refractivity (Wildman–Crippen MR) is 81.3 cm³/mol. The minimum Gasteiger partial charge on any atom is -0.492 e. The average Bonchev–Trinajstić information content (AvgIpc) is 2.38. The fourth-order valence-electron chi connectivity index (χ4n) is 3.07. The Bertz CT molecular complexity index is 448. The summed E-state index contributed by atoms with van der Waals surface area (Å²) >= 11 is 0. The van der Waals surface area contributed by atoms with Crippen molar-refractivity contribution in [2.75, 3.05) is 26.2 Å². The molecule has 0 N–H and O–H groups in total. The van der Waals surface area contributed by atoms with E-state index in [1.807, 2.05) is 24.3 Å². The first kappa shape index (κ1) is 15.0. The summed E-state index contributed by atoms with van der Waals surface area (Å²) in [5.41, 5.74) is 0.711. The molecule has 20 heavy (non-hydrogen) atoms. The number of rotatable bonds is 5. The summed E-state index contributed by atoms with van der Waals surface area (Å²) in [6.07, 6.45) is 1.33. The van der Waals surface area contributed by atoms with Crippen molar-refractivity contribution in [3.63, 3.8) is 0 Å². The standard InChI is InChI=1S/C17H25NO2/c1-13-9-14(2)12-18(11-13)7-8-20-17-6-4-5-16(10-17)15(3)19/h4-6,10,13-14H,7-9,11-12H2,1-3H3/t13-,14-/m1/s1. The van der Waals surface area contributed by atoms with Gasteiger partial charge < -0.3 is 4.74 Å². The van der Waals surface area contributed by atoms with E-state index in [1.54, 1.807) is 6.92 Å². The molecule has 2 atom stereocenters. The number of carbonyl (C=O) groups excluding carboxylic acids is 1. The zero-order valence-electron chi connectivity index (χ0n) is 12.8. The molecule has 1 aromatic carbocycles. The van der Waals surface area contributed by atoms with Gasteiger partial charge in [-0.3, -0.25) is 9.69 Å². The van der Waals surface area contributed by atoms with E-state index in [4.69, 9.17) is 4.74 Å². The van der Waals surface area contributed by atoms with E-state index in [1.165, 1.54) is 19.5 Å². The van der Waals surface area contributed by atoms with Gasteiger partial charge in [0.2, 0.25) is 0 Å². The second-order valence-electron chi connectivity index (χ2n) is 6.14. The maximum atomic E-state index is 11.3. The lowest BCUT2D eigenvalue weighted by Gasteiger charge is -2.34. The smallest absolute Gasteiger partial charge is 0.159 e. The average molecular weight is 275 g/mol. The van der Waals surface area contributed by atoms with Gasteiger partial charge >= 0.3 is 0 Å². The second-order valence-corrected chi connectivity index (χ2v) is 6.14. The first-order valence-corrected chi connectivity index (χ1v) is 7.50. The van der Waals surface area contributed by atoms with Crippen LogP contribution in [0.2, 0.25) is 0 Å². The van der Waals surface area contributed by atoms with Crippen LogP contribution in [0.25, 0.3) is 0 Å². The van der Waals surface area contributed by atoms with Crippen LogP contribution in [0, 0.1) is 11.8 Å². The van der Waals surface area contributed by atoms with Gasteiger partial charge in [0.15, 0.2) is 5.78 Å². The third-order valence-corrected chi connectivity index (χ3v) is 3.86. The molecule has 0 aromatic heterocycles. The molecule has 1 aromatic rings. The number of ether oxygens (including phenoxy) is 1. The Morgan fingerprint density at radius 2 is 2.00 bits per heavy atom. The molecule has 1 aliphatic heterocycles. The SMILES string of the molecule is CC(=O)c1cccc(OCCN2C[C@H](C)C[C@@H](C)C2)c1. The molecule has 1 saturated heterocycles. The van der Waals surface area contributed by atoms with Gasteiger partial charge in [-0.1, -0.05) is 26.0 Å². The van der Waals surface area contributed by atoms with Crippen LogP contribution in [0.15, 0.2) is 24.3 Å². The van der Waals surface area contributed by atoms with Crippen molar-refractivity contribution in [3.05, 3.63) is 29.8 Å². The molecule has 0 aliphatic carbocycles. The van der Waals surface area contributed by atoms with Crippen molar-refractivity contribution in [3.8, 4) is 5.75 Å². The number of Topliss-reactive ketones (excluding diaryl/α,β-unsaturated/α-hetero) is 1. The van der Waals surface area contributed by atoms with Crippen LogP contribution >= 0.6 is 0 Å². The fraction of sp³-hybridized carbons (Fsp3) is 0.588. The molecule has 3 heteroatoms. The highest BCUT2D eigenvalue weighted by Crippen LogP contribution is 2.20. The lowest BCUT2D eigenvalue weighted by atomic mass is 9.92. The van der Waals surface area contributed by atoms with E-state index < -0.39 is 0 Å². The monoisotopic (exact) mass is 275 g/mol. The highest BCUT2D eigenvalue weighted by atomic mass is 16.5. The summed E-state index contributed by atoms with van der Waals surface area (Å²) in [7, 11) is 0. The molecule has 2 rings (SSSR count). The maximum absolute atomic E-state index is 11.3. The third-order valence-electron chi connectivity index (χ3n) is 3.86. The molecule has 0 amide bonds. The molecule has 1 heterocycles. The molecule has 1 aliphatic rings. The Kier molecular flexibility index (Phi) is 5.18. The van der Waals surface area contributed by atoms with Crippen LogP contribution in [0.4, 0.5) is 0 Å². The summed E-state index contributed by atoms with van der Waals surface area (Å²) in [5, 5.41) is 0. The Morgan fingerprint density at radius 1 is 1.30 bits per heavy atom. The van der Waals surface area contributed by atoms with Gasteiger partial charge in [-0.15, -0.1) is 0 Å². The van der Waals surface area contributed by atoms with E-state index >= 15 is 0 Å². The lowest BCUT2D eigenvalue weighted by Crippen LogP contribution is -2.40. The largest absolute Gasteiger partial charge is 0.492 e. The Hall–Kier alpha value is -1.35. The fourth-order valence-corrected chi connectivity index (χ4v) is 3.07. The summed E-state index contributed by atoms with van der Waals surface area (Å²) in [6, 6.07) is 7.43. The minimum absolute atomic E-state index is 0.0779. The van der Waals surface area contributed by atoms with Gasteiger partial charge in [-0.05, 0) is 37.3 Å². The van der Waals surface area contributed by atoms with Gasteiger partial charge in [-0.25, -0.2) is 0 Å².